The second-order valence-corrected chi connectivity index (χ2v) is 8.81. The molecule has 0 spiro atoms. The third-order valence-corrected chi connectivity index (χ3v) is 6.27. The number of halogens is 1. The number of carbonyl (C=O) groups is 1. The van der Waals surface area contributed by atoms with E-state index >= 15 is 0 Å². The third kappa shape index (κ3) is 4.39. The lowest BCUT2D eigenvalue weighted by atomic mass is 10.1. The predicted octanol–water partition coefficient (Wildman–Crippen LogP) is 4.70. The van der Waals surface area contributed by atoms with Gasteiger partial charge < -0.3 is 10.4 Å². The molecule has 1 aromatic carbocycles. The number of anilines is 2. The van der Waals surface area contributed by atoms with Crippen molar-refractivity contribution in [2.45, 2.75) is 46.6 Å². The lowest BCUT2D eigenvalue weighted by Gasteiger charge is -2.12. The first kappa shape index (κ1) is 22.7. The van der Waals surface area contributed by atoms with Gasteiger partial charge in [0.15, 0.2) is 5.82 Å². The first-order valence-electron chi connectivity index (χ1n) is 11.6. The van der Waals surface area contributed by atoms with Crippen molar-refractivity contribution in [3.63, 3.8) is 0 Å². The van der Waals surface area contributed by atoms with E-state index in [2.05, 4.69) is 27.3 Å². The van der Waals surface area contributed by atoms with Gasteiger partial charge in [-0.1, -0.05) is 6.92 Å². The molecule has 3 heterocycles. The number of aromatic nitrogens is 6. The Hall–Kier alpha value is -4.08. The van der Waals surface area contributed by atoms with Crippen molar-refractivity contribution in [1.29, 1.82) is 0 Å². The van der Waals surface area contributed by atoms with Crippen LogP contribution in [0.3, 0.4) is 0 Å². The van der Waals surface area contributed by atoms with Gasteiger partial charge in [0, 0.05) is 23.7 Å². The second-order valence-electron chi connectivity index (χ2n) is 8.81. The normalized spacial score (nSPS) is 13.3. The van der Waals surface area contributed by atoms with Gasteiger partial charge in [-0.2, -0.15) is 10.2 Å². The SMILES string of the molecule is CCc1c(-c2ccc(F)cc2)nn(CC2CC2)c1Nc1cc(-n2nc(C)c(C(=O)O)c2C)ncn1. The van der Waals surface area contributed by atoms with E-state index in [1.807, 2.05) is 4.68 Å². The van der Waals surface area contributed by atoms with Crippen LogP contribution in [-0.2, 0) is 13.0 Å². The highest BCUT2D eigenvalue weighted by Crippen LogP contribution is 2.36. The smallest absolute Gasteiger partial charge is 0.339 e. The van der Waals surface area contributed by atoms with Gasteiger partial charge in [-0.05, 0) is 63.3 Å². The second kappa shape index (κ2) is 8.94. The zero-order valence-corrected chi connectivity index (χ0v) is 19.8. The first-order chi connectivity index (χ1) is 16.9. The van der Waals surface area contributed by atoms with E-state index in [0.29, 0.717) is 28.9 Å². The Bertz CT molecular complexity index is 1400. The van der Waals surface area contributed by atoms with E-state index in [1.165, 1.54) is 36.0 Å². The summed E-state index contributed by atoms with van der Waals surface area (Å²) in [5.74, 6) is 1.11. The maximum atomic E-state index is 13.5. The van der Waals surface area contributed by atoms with Gasteiger partial charge in [0.25, 0.3) is 0 Å². The standard InChI is InChI=1S/C25H26FN7O2/c1-4-19-23(17-7-9-18(26)10-8-17)31-32(12-16-5-6-16)24(19)29-20-11-21(28-13-27-20)33-15(3)22(25(34)35)14(2)30-33/h7-11,13,16H,4-6,12H2,1-3H3,(H,34,35)(H,27,28,29). The van der Waals surface area contributed by atoms with Crippen molar-refractivity contribution in [3.8, 4) is 17.1 Å². The quantitative estimate of drug-likeness (QED) is 0.380. The maximum Gasteiger partial charge on any atom is 0.339 e. The summed E-state index contributed by atoms with van der Waals surface area (Å²) >= 11 is 0. The Balaban J connectivity index is 1.54. The van der Waals surface area contributed by atoms with Crippen LogP contribution < -0.4 is 5.32 Å². The predicted molar refractivity (Wildman–Crippen MR) is 129 cm³/mol. The Labute approximate surface area is 201 Å². The van der Waals surface area contributed by atoms with Gasteiger partial charge in [-0.3, -0.25) is 0 Å². The van der Waals surface area contributed by atoms with Crippen LogP contribution in [0.1, 0.15) is 47.1 Å². The highest BCUT2D eigenvalue weighted by Gasteiger charge is 2.26. The summed E-state index contributed by atoms with van der Waals surface area (Å²) in [6.07, 6.45) is 4.49. The molecule has 1 fully saturated rings. The van der Waals surface area contributed by atoms with Crippen molar-refractivity contribution in [2.24, 2.45) is 5.92 Å². The monoisotopic (exact) mass is 475 g/mol. The molecule has 4 aromatic rings. The summed E-state index contributed by atoms with van der Waals surface area (Å²) in [7, 11) is 0. The van der Waals surface area contributed by atoms with Crippen LogP contribution in [0.25, 0.3) is 17.1 Å². The molecule has 0 radical (unpaired) electrons. The molecule has 2 N–H and O–H groups in total. The number of nitrogens with one attached hydrogen (secondary N) is 1. The van der Waals surface area contributed by atoms with Crippen molar-refractivity contribution >= 4 is 17.6 Å². The summed E-state index contributed by atoms with van der Waals surface area (Å²) in [5.41, 5.74) is 3.76. The Morgan fingerprint density at radius 2 is 1.91 bits per heavy atom. The van der Waals surface area contributed by atoms with Gasteiger partial charge in [0.05, 0.1) is 17.1 Å². The molecule has 1 saturated carbocycles. The van der Waals surface area contributed by atoms with Crippen LogP contribution in [0, 0.1) is 25.6 Å². The molecule has 9 nitrogen and oxygen atoms in total. The van der Waals surface area contributed by atoms with E-state index in [-0.39, 0.29) is 11.4 Å². The molecular formula is C25H26FN7O2. The van der Waals surface area contributed by atoms with Crippen LogP contribution in [0.4, 0.5) is 16.0 Å². The molecule has 35 heavy (non-hydrogen) atoms. The fourth-order valence-corrected chi connectivity index (χ4v) is 4.32. The number of benzene rings is 1. The molecule has 0 saturated heterocycles. The van der Waals surface area contributed by atoms with Crippen LogP contribution in [-0.4, -0.2) is 40.6 Å². The lowest BCUT2D eigenvalue weighted by Crippen LogP contribution is -2.09. The lowest BCUT2D eigenvalue weighted by molar-refractivity contribution is 0.0695. The molecule has 3 aromatic heterocycles. The minimum atomic E-state index is -1.02. The zero-order valence-electron chi connectivity index (χ0n) is 19.8. The van der Waals surface area contributed by atoms with Crippen molar-refractivity contribution < 1.29 is 14.3 Å². The molecule has 1 aliphatic rings. The van der Waals surface area contributed by atoms with Gasteiger partial charge in [-0.25, -0.2) is 28.5 Å². The van der Waals surface area contributed by atoms with Crippen molar-refractivity contribution in [2.75, 3.05) is 5.32 Å². The van der Waals surface area contributed by atoms with E-state index in [0.717, 1.165) is 35.6 Å². The third-order valence-electron chi connectivity index (χ3n) is 6.27. The number of carboxylic acids is 1. The summed E-state index contributed by atoms with van der Waals surface area (Å²) in [6, 6.07) is 8.11. The summed E-state index contributed by atoms with van der Waals surface area (Å²) in [4.78, 5) is 20.3. The molecule has 0 atom stereocenters. The summed E-state index contributed by atoms with van der Waals surface area (Å²) in [5, 5.41) is 22.2. The molecule has 0 aliphatic heterocycles. The maximum absolute atomic E-state index is 13.5. The highest BCUT2D eigenvalue weighted by atomic mass is 19.1. The number of hydrogen-bond acceptors (Lipinski definition) is 6. The van der Waals surface area contributed by atoms with Gasteiger partial charge in [0.2, 0.25) is 0 Å². The van der Waals surface area contributed by atoms with Gasteiger partial charge in [0.1, 0.15) is 29.3 Å². The minimum absolute atomic E-state index is 0.165. The Morgan fingerprint density at radius 3 is 2.54 bits per heavy atom. The molecule has 0 unspecified atom stereocenters. The fourth-order valence-electron chi connectivity index (χ4n) is 4.32. The summed E-state index contributed by atoms with van der Waals surface area (Å²) in [6.45, 7) is 6.21. The Morgan fingerprint density at radius 1 is 1.17 bits per heavy atom. The number of aryl methyl sites for hydroxylation is 1. The molecule has 1 aliphatic carbocycles. The van der Waals surface area contributed by atoms with Crippen molar-refractivity contribution in [1.82, 2.24) is 29.5 Å². The van der Waals surface area contributed by atoms with E-state index in [4.69, 9.17) is 5.10 Å². The minimum Gasteiger partial charge on any atom is -0.478 e. The zero-order chi connectivity index (χ0) is 24.7. The van der Waals surface area contributed by atoms with Crippen LogP contribution in [0.15, 0.2) is 36.7 Å². The topological polar surface area (TPSA) is 111 Å². The number of carboxylic acid groups (broad SMARTS) is 1. The molecule has 180 valence electrons. The average Bonchev–Trinajstić information content (AvgIpc) is 3.51. The molecule has 0 bridgehead atoms. The van der Waals surface area contributed by atoms with Gasteiger partial charge >= 0.3 is 5.97 Å². The fraction of sp³-hybridized carbons (Fsp3) is 0.320. The Kier molecular flexibility index (Phi) is 5.80. The average molecular weight is 476 g/mol. The molecule has 0 amide bonds. The molecule has 5 rings (SSSR count). The number of rotatable bonds is 8. The van der Waals surface area contributed by atoms with E-state index in [9.17, 15) is 14.3 Å². The van der Waals surface area contributed by atoms with Crippen LogP contribution in [0.2, 0.25) is 0 Å². The first-order valence-corrected chi connectivity index (χ1v) is 11.6. The number of aromatic carboxylic acids is 1. The van der Waals surface area contributed by atoms with E-state index in [1.54, 1.807) is 32.0 Å². The molecular weight excluding hydrogens is 449 g/mol. The van der Waals surface area contributed by atoms with Crippen LogP contribution >= 0.6 is 0 Å². The largest absolute Gasteiger partial charge is 0.478 e. The number of nitrogens with zero attached hydrogens (tertiary/aromatic N) is 6. The highest BCUT2D eigenvalue weighted by molar-refractivity contribution is 5.90. The number of hydrogen-bond donors (Lipinski definition) is 2. The molecule has 10 heteroatoms. The van der Waals surface area contributed by atoms with Crippen LogP contribution in [0.5, 0.6) is 0 Å². The van der Waals surface area contributed by atoms with Crippen molar-refractivity contribution in [3.05, 3.63) is 65.0 Å². The van der Waals surface area contributed by atoms with E-state index < -0.39 is 5.97 Å². The van der Waals surface area contributed by atoms with Gasteiger partial charge in [-0.15, -0.1) is 0 Å². The summed E-state index contributed by atoms with van der Waals surface area (Å²) < 4.78 is 17.0.